The summed E-state index contributed by atoms with van der Waals surface area (Å²) >= 11 is 0. The Bertz CT molecular complexity index is 1520. The van der Waals surface area contributed by atoms with Crippen molar-refractivity contribution < 1.29 is 32.2 Å². The van der Waals surface area contributed by atoms with Gasteiger partial charge in [-0.1, -0.05) is 0 Å². The quantitative estimate of drug-likeness (QED) is 0.481. The second-order valence-electron chi connectivity index (χ2n) is 13.1. The highest BCUT2D eigenvalue weighted by Gasteiger charge is 2.38. The summed E-state index contributed by atoms with van der Waals surface area (Å²) in [6.07, 6.45) is 1.02. The molecule has 0 spiro atoms. The highest BCUT2D eigenvalue weighted by Crippen LogP contribution is 2.44. The van der Waals surface area contributed by atoms with Crippen LogP contribution in [0.15, 0.2) is 12.4 Å². The van der Waals surface area contributed by atoms with E-state index >= 15 is 0 Å². The minimum Gasteiger partial charge on any atom is -0.484 e. The summed E-state index contributed by atoms with van der Waals surface area (Å²) < 4.78 is 41.9. The van der Waals surface area contributed by atoms with Gasteiger partial charge in [-0.05, 0) is 61.0 Å². The number of hydrogen-bond donors (Lipinski definition) is 0. The van der Waals surface area contributed by atoms with Gasteiger partial charge in [0.1, 0.15) is 30.0 Å². The predicted octanol–water partition coefficient (Wildman–Crippen LogP) is 4.10. The van der Waals surface area contributed by atoms with Crippen molar-refractivity contribution in [3.8, 4) is 5.75 Å². The molecule has 2 amide bonds. The van der Waals surface area contributed by atoms with Gasteiger partial charge in [-0.15, -0.1) is 0 Å². The molecule has 0 radical (unpaired) electrons. The van der Waals surface area contributed by atoms with E-state index in [0.29, 0.717) is 59.5 Å². The zero-order chi connectivity index (χ0) is 31.3. The summed E-state index contributed by atoms with van der Waals surface area (Å²) in [4.78, 5) is 45.4. The van der Waals surface area contributed by atoms with Crippen molar-refractivity contribution in [1.29, 1.82) is 0 Å². The molecule has 14 heteroatoms. The Labute approximate surface area is 252 Å². The molecule has 0 N–H and O–H groups in total. The van der Waals surface area contributed by atoms with Gasteiger partial charge in [-0.2, -0.15) is 0 Å². The second-order valence-corrected chi connectivity index (χ2v) is 15.4. The minimum atomic E-state index is -3.12. The summed E-state index contributed by atoms with van der Waals surface area (Å²) in [5.74, 6) is 1.14. The van der Waals surface area contributed by atoms with Crippen molar-refractivity contribution in [2.24, 2.45) is 0 Å². The zero-order valence-corrected chi connectivity index (χ0v) is 26.7. The van der Waals surface area contributed by atoms with Crippen molar-refractivity contribution in [3.05, 3.63) is 29.3 Å². The van der Waals surface area contributed by atoms with E-state index < -0.39 is 27.1 Å². The van der Waals surface area contributed by atoms with Crippen LogP contribution in [0.1, 0.15) is 70.8 Å². The number of amides is 2. The zero-order valence-electron chi connectivity index (χ0n) is 25.8. The van der Waals surface area contributed by atoms with Crippen LogP contribution < -0.4 is 14.5 Å². The van der Waals surface area contributed by atoms with E-state index in [9.17, 15) is 18.0 Å². The number of anilines is 3. The Morgan fingerprint density at radius 1 is 0.953 bits per heavy atom. The van der Waals surface area contributed by atoms with Crippen LogP contribution in [0.3, 0.4) is 0 Å². The first-order chi connectivity index (χ1) is 20.0. The van der Waals surface area contributed by atoms with Gasteiger partial charge in [0.15, 0.2) is 21.4 Å². The molecule has 234 valence electrons. The van der Waals surface area contributed by atoms with Gasteiger partial charge in [0.2, 0.25) is 0 Å². The van der Waals surface area contributed by atoms with Crippen LogP contribution in [0.2, 0.25) is 0 Å². The van der Waals surface area contributed by atoms with Gasteiger partial charge in [-0.3, -0.25) is 4.98 Å². The number of aryl methyl sites for hydroxylation is 1. The number of pyridine rings is 1. The normalized spacial score (nSPS) is 20.1. The Hall–Kier alpha value is -3.68. The molecule has 3 aliphatic rings. The maximum atomic E-state index is 13.9. The van der Waals surface area contributed by atoms with Gasteiger partial charge in [0.25, 0.3) is 0 Å². The van der Waals surface area contributed by atoms with Crippen molar-refractivity contribution in [2.45, 2.75) is 78.6 Å². The first-order valence-corrected chi connectivity index (χ1v) is 16.3. The molecule has 1 atom stereocenters. The van der Waals surface area contributed by atoms with Crippen LogP contribution in [0.5, 0.6) is 5.75 Å². The Morgan fingerprint density at radius 3 is 2.23 bits per heavy atom. The molecule has 0 aliphatic carbocycles. The Balaban J connectivity index is 1.55. The fourth-order valence-corrected chi connectivity index (χ4v) is 6.58. The average molecular weight is 617 g/mol. The summed E-state index contributed by atoms with van der Waals surface area (Å²) in [5, 5.41) is 0. The fraction of sp³-hybridized carbons (Fsp3) is 0.621. The molecule has 2 fully saturated rings. The molecule has 0 aromatic carbocycles. The van der Waals surface area contributed by atoms with Crippen LogP contribution in [0.4, 0.5) is 26.9 Å². The number of sulfone groups is 1. The molecular formula is C29H40N6O7S. The molecule has 13 nitrogen and oxygen atoms in total. The third-order valence-electron chi connectivity index (χ3n) is 7.33. The maximum Gasteiger partial charge on any atom is 0.420 e. The number of hydrogen-bond acceptors (Lipinski definition) is 11. The van der Waals surface area contributed by atoms with E-state index in [0.717, 1.165) is 0 Å². The summed E-state index contributed by atoms with van der Waals surface area (Å²) in [6.45, 7) is 14.2. The van der Waals surface area contributed by atoms with Gasteiger partial charge in [0, 0.05) is 37.8 Å². The highest BCUT2D eigenvalue weighted by atomic mass is 32.2. The number of carbonyl (C=O) groups is 2. The summed E-state index contributed by atoms with van der Waals surface area (Å²) in [5.41, 5.74) is 0.849. The first kappa shape index (κ1) is 30.8. The van der Waals surface area contributed by atoms with Crippen molar-refractivity contribution in [2.75, 3.05) is 47.5 Å². The molecular weight excluding hydrogens is 576 g/mol. The Morgan fingerprint density at radius 2 is 1.58 bits per heavy atom. The monoisotopic (exact) mass is 616 g/mol. The third kappa shape index (κ3) is 6.78. The van der Waals surface area contributed by atoms with Gasteiger partial charge in [0.05, 0.1) is 28.5 Å². The van der Waals surface area contributed by atoms with E-state index in [1.165, 1.54) is 11.2 Å². The average Bonchev–Trinajstić information content (AvgIpc) is 3.31. The predicted molar refractivity (Wildman–Crippen MR) is 160 cm³/mol. The van der Waals surface area contributed by atoms with E-state index in [1.54, 1.807) is 31.7 Å². The number of aromatic nitrogens is 3. The molecule has 0 saturated carbocycles. The molecule has 3 aliphatic heterocycles. The van der Waals surface area contributed by atoms with E-state index in [1.807, 2.05) is 32.6 Å². The lowest BCUT2D eigenvalue weighted by atomic mass is 10.0. The van der Waals surface area contributed by atoms with Crippen LogP contribution in [-0.2, 0) is 25.9 Å². The van der Waals surface area contributed by atoms with Crippen LogP contribution in [0.25, 0.3) is 0 Å². The molecule has 1 unspecified atom stereocenters. The smallest absolute Gasteiger partial charge is 0.420 e. The lowest BCUT2D eigenvalue weighted by molar-refractivity contribution is 0.0292. The van der Waals surface area contributed by atoms with Crippen LogP contribution >= 0.6 is 0 Å². The lowest BCUT2D eigenvalue weighted by Crippen LogP contribution is -2.41. The first-order valence-electron chi connectivity index (χ1n) is 14.5. The van der Waals surface area contributed by atoms with Gasteiger partial charge < -0.3 is 24.0 Å². The number of carbonyl (C=O) groups excluding carboxylic acids is 2. The standard InChI is InChI=1S/C29H40N6O7S/c1-18-23-22(14-21(32-18)19-8-9-34(15-19)26(36)41-28(2,3)4)35(27(37)42-29(5,6)7)25-20(16-40-23)24(30-17-31-25)33-10-12-43(38,39)13-11-33/h14,17,19H,8-13,15-16H2,1-7H3. The van der Waals surface area contributed by atoms with Crippen molar-refractivity contribution in [1.82, 2.24) is 19.9 Å². The third-order valence-corrected chi connectivity index (χ3v) is 8.94. The van der Waals surface area contributed by atoms with Crippen molar-refractivity contribution >= 4 is 39.3 Å². The number of rotatable bonds is 2. The lowest BCUT2D eigenvalue weighted by Gasteiger charge is -2.31. The van der Waals surface area contributed by atoms with Crippen molar-refractivity contribution in [3.63, 3.8) is 0 Å². The largest absolute Gasteiger partial charge is 0.484 e. The number of likely N-dealkylation sites (tertiary alicyclic amines) is 1. The van der Waals surface area contributed by atoms with Crippen LogP contribution in [-0.4, -0.2) is 89.3 Å². The number of nitrogens with zero attached hydrogens (tertiary/aromatic N) is 6. The van der Waals surface area contributed by atoms with Gasteiger partial charge in [-0.25, -0.2) is 32.9 Å². The molecule has 5 heterocycles. The maximum absolute atomic E-state index is 13.9. The molecule has 0 bridgehead atoms. The SMILES string of the molecule is Cc1nc(C2CCN(C(=O)OC(C)(C)C)C2)cc2c1OCc1c(N3CCS(=O)(=O)CC3)ncnc1N2C(=O)OC(C)(C)C. The van der Waals surface area contributed by atoms with E-state index in [4.69, 9.17) is 19.2 Å². The minimum absolute atomic E-state index is 0.0106. The Kier molecular flexibility index (Phi) is 7.95. The fourth-order valence-electron chi connectivity index (χ4n) is 5.38. The van der Waals surface area contributed by atoms with Gasteiger partial charge >= 0.3 is 12.2 Å². The van der Waals surface area contributed by atoms with E-state index in [-0.39, 0.29) is 43.2 Å². The molecule has 2 aromatic rings. The van der Waals surface area contributed by atoms with E-state index in [2.05, 4.69) is 9.97 Å². The number of fused-ring (bicyclic) bond motifs is 2. The summed E-state index contributed by atoms with van der Waals surface area (Å²) in [7, 11) is -3.12. The molecule has 43 heavy (non-hydrogen) atoms. The molecule has 2 saturated heterocycles. The molecule has 5 rings (SSSR count). The van der Waals surface area contributed by atoms with Crippen LogP contribution in [0, 0.1) is 6.92 Å². The second kappa shape index (κ2) is 11.1. The summed E-state index contributed by atoms with van der Waals surface area (Å²) in [6, 6.07) is 1.81. The highest BCUT2D eigenvalue weighted by molar-refractivity contribution is 7.91. The number of ether oxygens (including phenoxy) is 3. The topological polar surface area (TPSA) is 144 Å². The molecule has 2 aromatic heterocycles.